The molecule has 0 heterocycles. The van der Waals surface area contributed by atoms with E-state index in [1.165, 1.54) is 11.1 Å². The fourth-order valence-corrected chi connectivity index (χ4v) is 2.07. The molecule has 0 unspecified atom stereocenters. The Morgan fingerprint density at radius 3 is 2.45 bits per heavy atom. The van der Waals surface area contributed by atoms with Crippen LogP contribution in [0.2, 0.25) is 0 Å². The number of rotatable bonds is 3. The van der Waals surface area contributed by atoms with E-state index in [4.69, 9.17) is 0 Å². The van der Waals surface area contributed by atoms with Crippen LogP contribution in [-0.4, -0.2) is 5.91 Å². The Balaban J connectivity index is 2.05. The molecular weight excluding hydrogens is 246 g/mol. The molecule has 2 rings (SSSR count). The first-order valence-electron chi connectivity index (χ1n) is 6.67. The Morgan fingerprint density at radius 2 is 1.75 bits per heavy atom. The Labute approximate surface area is 120 Å². The monoisotopic (exact) mass is 265 g/mol. The minimum absolute atomic E-state index is 0.113. The maximum Gasteiger partial charge on any atom is 0.248 e. The summed E-state index contributed by atoms with van der Waals surface area (Å²) in [6.07, 6.45) is 3.39. The van der Waals surface area contributed by atoms with Crippen LogP contribution >= 0.6 is 0 Å². The fraction of sp³-hybridized carbons (Fsp3) is 0.167. The maximum atomic E-state index is 11.9. The normalized spacial score (nSPS) is 10.8. The predicted molar refractivity (Wildman–Crippen MR) is 84.8 cm³/mol. The van der Waals surface area contributed by atoms with Gasteiger partial charge in [0.2, 0.25) is 5.91 Å². The second kappa shape index (κ2) is 6.20. The van der Waals surface area contributed by atoms with Crippen LogP contribution in [0.25, 0.3) is 6.08 Å². The van der Waals surface area contributed by atoms with Gasteiger partial charge in [0.05, 0.1) is 0 Å². The molecule has 0 aliphatic rings. The van der Waals surface area contributed by atoms with Crippen molar-refractivity contribution >= 4 is 17.7 Å². The lowest BCUT2D eigenvalue weighted by Gasteiger charge is -2.07. The minimum atomic E-state index is -0.113. The average Bonchev–Trinajstić information content (AvgIpc) is 2.40. The number of amides is 1. The third-order valence-electron chi connectivity index (χ3n) is 3.11. The summed E-state index contributed by atoms with van der Waals surface area (Å²) in [5.41, 5.74) is 5.33. The third kappa shape index (κ3) is 3.82. The van der Waals surface area contributed by atoms with Crippen LogP contribution in [0.1, 0.15) is 22.3 Å². The van der Waals surface area contributed by atoms with E-state index in [1.54, 1.807) is 6.08 Å². The van der Waals surface area contributed by atoms with Gasteiger partial charge in [0.1, 0.15) is 0 Å². The van der Waals surface area contributed by atoms with Gasteiger partial charge in [-0.3, -0.25) is 4.79 Å². The summed E-state index contributed by atoms with van der Waals surface area (Å²) in [6, 6.07) is 14.0. The van der Waals surface area contributed by atoms with E-state index < -0.39 is 0 Å². The molecule has 2 aromatic rings. The highest BCUT2D eigenvalue weighted by Gasteiger charge is 2.01. The number of anilines is 1. The lowest BCUT2D eigenvalue weighted by molar-refractivity contribution is -0.111. The van der Waals surface area contributed by atoms with Crippen molar-refractivity contribution < 1.29 is 4.79 Å². The zero-order chi connectivity index (χ0) is 14.5. The summed E-state index contributed by atoms with van der Waals surface area (Å²) in [5.74, 6) is -0.113. The first kappa shape index (κ1) is 14.1. The van der Waals surface area contributed by atoms with Crippen molar-refractivity contribution in [2.75, 3.05) is 5.32 Å². The highest BCUT2D eigenvalue weighted by atomic mass is 16.1. The van der Waals surface area contributed by atoms with E-state index >= 15 is 0 Å². The molecule has 0 bridgehead atoms. The van der Waals surface area contributed by atoms with Gasteiger partial charge in [0.15, 0.2) is 0 Å². The molecule has 0 saturated carbocycles. The molecule has 0 aliphatic heterocycles. The van der Waals surface area contributed by atoms with Crippen molar-refractivity contribution in [3.8, 4) is 0 Å². The lowest BCUT2D eigenvalue weighted by Crippen LogP contribution is -2.08. The quantitative estimate of drug-likeness (QED) is 0.825. The summed E-state index contributed by atoms with van der Waals surface area (Å²) in [5, 5.41) is 2.90. The summed E-state index contributed by atoms with van der Waals surface area (Å²) in [7, 11) is 0. The fourth-order valence-electron chi connectivity index (χ4n) is 2.07. The highest BCUT2D eigenvalue weighted by Crippen LogP contribution is 2.16. The molecule has 0 spiro atoms. The van der Waals surface area contributed by atoms with E-state index in [0.29, 0.717) is 0 Å². The first-order chi connectivity index (χ1) is 9.54. The van der Waals surface area contributed by atoms with Crippen molar-refractivity contribution in [1.82, 2.24) is 0 Å². The van der Waals surface area contributed by atoms with Crippen LogP contribution in [0.15, 0.2) is 48.5 Å². The van der Waals surface area contributed by atoms with Gasteiger partial charge < -0.3 is 5.32 Å². The Morgan fingerprint density at radius 1 is 1.00 bits per heavy atom. The number of nitrogens with one attached hydrogen (secondary N) is 1. The molecule has 2 heteroatoms. The van der Waals surface area contributed by atoms with Crippen molar-refractivity contribution in [3.63, 3.8) is 0 Å². The third-order valence-corrected chi connectivity index (χ3v) is 3.11. The second-order valence-electron chi connectivity index (χ2n) is 5.06. The summed E-state index contributed by atoms with van der Waals surface area (Å²) < 4.78 is 0. The zero-order valence-corrected chi connectivity index (χ0v) is 12.1. The number of hydrogen-bond acceptors (Lipinski definition) is 1. The van der Waals surface area contributed by atoms with Gasteiger partial charge in [-0.05, 0) is 44.0 Å². The molecule has 1 N–H and O–H groups in total. The van der Waals surface area contributed by atoms with E-state index in [0.717, 1.165) is 16.8 Å². The average molecular weight is 265 g/mol. The van der Waals surface area contributed by atoms with Gasteiger partial charge in [-0.15, -0.1) is 0 Å². The molecule has 0 aliphatic carbocycles. The number of carbonyl (C=O) groups is 1. The van der Waals surface area contributed by atoms with Crippen molar-refractivity contribution in [2.24, 2.45) is 0 Å². The van der Waals surface area contributed by atoms with E-state index in [1.807, 2.05) is 63.2 Å². The van der Waals surface area contributed by atoms with Crippen LogP contribution in [0, 0.1) is 20.8 Å². The number of hydrogen-bond donors (Lipinski definition) is 1. The van der Waals surface area contributed by atoms with Crippen LogP contribution in [-0.2, 0) is 4.79 Å². The van der Waals surface area contributed by atoms with E-state index in [2.05, 4.69) is 11.4 Å². The van der Waals surface area contributed by atoms with Crippen LogP contribution in [0.3, 0.4) is 0 Å². The molecule has 2 aromatic carbocycles. The van der Waals surface area contributed by atoms with Gasteiger partial charge in [-0.25, -0.2) is 0 Å². The van der Waals surface area contributed by atoms with E-state index in [9.17, 15) is 4.79 Å². The maximum absolute atomic E-state index is 11.9. The molecule has 0 atom stereocenters. The van der Waals surface area contributed by atoms with Gasteiger partial charge in [0.25, 0.3) is 0 Å². The summed E-state index contributed by atoms with van der Waals surface area (Å²) in [4.78, 5) is 11.9. The zero-order valence-electron chi connectivity index (χ0n) is 12.1. The number of aryl methyl sites for hydroxylation is 3. The minimum Gasteiger partial charge on any atom is -0.322 e. The first-order valence-corrected chi connectivity index (χ1v) is 6.67. The standard InChI is InChI=1S/C18H19NO/c1-13-5-4-6-16(12-13)8-10-18(20)19-17-9-7-14(2)11-15(17)3/h4-12H,1-3H3,(H,19,20)/b10-8+. The Hall–Kier alpha value is -2.35. The second-order valence-corrected chi connectivity index (χ2v) is 5.06. The SMILES string of the molecule is Cc1cccc(/C=C/C(=O)Nc2ccc(C)cc2C)c1. The van der Waals surface area contributed by atoms with Gasteiger partial charge in [-0.1, -0.05) is 47.5 Å². The van der Waals surface area contributed by atoms with Crippen LogP contribution < -0.4 is 5.32 Å². The Kier molecular flexibility index (Phi) is 4.36. The molecule has 0 aromatic heterocycles. The number of carbonyl (C=O) groups excluding carboxylic acids is 1. The van der Waals surface area contributed by atoms with Crippen molar-refractivity contribution in [1.29, 1.82) is 0 Å². The van der Waals surface area contributed by atoms with Gasteiger partial charge in [0, 0.05) is 11.8 Å². The van der Waals surface area contributed by atoms with E-state index in [-0.39, 0.29) is 5.91 Å². The molecule has 0 saturated heterocycles. The summed E-state index contributed by atoms with van der Waals surface area (Å²) >= 11 is 0. The molecule has 20 heavy (non-hydrogen) atoms. The Bertz CT molecular complexity index is 656. The smallest absolute Gasteiger partial charge is 0.248 e. The summed E-state index contributed by atoms with van der Waals surface area (Å²) in [6.45, 7) is 6.07. The van der Waals surface area contributed by atoms with Gasteiger partial charge in [-0.2, -0.15) is 0 Å². The molecule has 2 nitrogen and oxygen atoms in total. The van der Waals surface area contributed by atoms with Gasteiger partial charge >= 0.3 is 0 Å². The number of benzene rings is 2. The molecule has 0 fully saturated rings. The predicted octanol–water partition coefficient (Wildman–Crippen LogP) is 4.26. The topological polar surface area (TPSA) is 29.1 Å². The highest BCUT2D eigenvalue weighted by molar-refractivity contribution is 6.02. The molecule has 1 amide bonds. The van der Waals surface area contributed by atoms with Crippen molar-refractivity contribution in [3.05, 3.63) is 70.8 Å². The largest absolute Gasteiger partial charge is 0.322 e. The molecule has 102 valence electrons. The molecular formula is C18H19NO. The lowest BCUT2D eigenvalue weighted by atomic mass is 10.1. The van der Waals surface area contributed by atoms with Crippen LogP contribution in [0.4, 0.5) is 5.69 Å². The van der Waals surface area contributed by atoms with Crippen molar-refractivity contribution in [2.45, 2.75) is 20.8 Å². The molecule has 0 radical (unpaired) electrons. The van der Waals surface area contributed by atoms with Crippen LogP contribution in [0.5, 0.6) is 0 Å².